The van der Waals surface area contributed by atoms with Gasteiger partial charge in [0.1, 0.15) is 6.26 Å². The Hall–Kier alpha value is -2.29. The first-order valence-electron chi connectivity index (χ1n) is 4.93. The fraction of sp³-hybridized carbons (Fsp3) is 0.364. The van der Waals surface area contributed by atoms with Crippen molar-refractivity contribution in [1.82, 2.24) is 4.90 Å². The third kappa shape index (κ3) is 2.84. The fourth-order valence-electron chi connectivity index (χ4n) is 1.20. The summed E-state index contributed by atoms with van der Waals surface area (Å²) in [6.07, 6.45) is 1.22. The summed E-state index contributed by atoms with van der Waals surface area (Å²) in [7, 11) is 1.54. The van der Waals surface area contributed by atoms with E-state index in [2.05, 4.69) is 0 Å². The van der Waals surface area contributed by atoms with E-state index in [0.29, 0.717) is 0 Å². The van der Waals surface area contributed by atoms with E-state index < -0.39 is 11.9 Å². The monoisotopic (exact) mass is 236 g/mol. The quantitative estimate of drug-likeness (QED) is 0.851. The zero-order valence-corrected chi connectivity index (χ0v) is 9.51. The van der Waals surface area contributed by atoms with E-state index in [1.165, 1.54) is 18.0 Å². The highest BCUT2D eigenvalue weighted by molar-refractivity contribution is 5.95. The number of amides is 1. The number of carbonyl (C=O) groups excluding carboxylic acids is 1. The Balaban J connectivity index is 2.82. The number of carbonyl (C=O) groups is 2. The van der Waals surface area contributed by atoms with Gasteiger partial charge in [0.15, 0.2) is 5.76 Å². The summed E-state index contributed by atoms with van der Waals surface area (Å²) < 4.78 is 4.88. The molecule has 1 aromatic heterocycles. The summed E-state index contributed by atoms with van der Waals surface area (Å²) in [5, 5.41) is 17.2. The lowest BCUT2D eigenvalue weighted by Gasteiger charge is -2.21. The Kier molecular flexibility index (Phi) is 3.88. The van der Waals surface area contributed by atoms with E-state index in [1.807, 2.05) is 6.07 Å². The number of aromatic carboxylic acids is 1. The number of nitriles is 1. The molecule has 1 N–H and O–H groups in total. The molecular formula is C11H12N2O4. The Labute approximate surface area is 98.1 Å². The molecule has 0 aliphatic rings. The maximum atomic E-state index is 11.8. The van der Waals surface area contributed by atoms with Crippen molar-refractivity contribution in [3.8, 4) is 6.07 Å². The normalized spacial score (nSPS) is 11.6. The third-order valence-electron chi connectivity index (χ3n) is 2.43. The molecule has 6 heteroatoms. The summed E-state index contributed by atoms with van der Waals surface area (Å²) in [4.78, 5) is 23.8. The number of carboxylic acids is 1. The van der Waals surface area contributed by atoms with E-state index in [0.717, 1.165) is 6.26 Å². The van der Waals surface area contributed by atoms with Crippen molar-refractivity contribution in [2.75, 3.05) is 7.05 Å². The minimum atomic E-state index is -1.15. The minimum absolute atomic E-state index is 0.0466. The van der Waals surface area contributed by atoms with Gasteiger partial charge in [0.2, 0.25) is 0 Å². The second-order valence-electron chi connectivity index (χ2n) is 3.63. The zero-order valence-electron chi connectivity index (χ0n) is 9.51. The summed E-state index contributed by atoms with van der Waals surface area (Å²) >= 11 is 0. The van der Waals surface area contributed by atoms with Crippen molar-refractivity contribution in [3.63, 3.8) is 0 Å². The average Bonchev–Trinajstić information content (AvgIpc) is 2.76. The number of rotatable bonds is 4. The largest absolute Gasteiger partial charge is 0.478 e. The molecule has 1 unspecified atom stereocenters. The summed E-state index contributed by atoms with van der Waals surface area (Å²) in [6.45, 7) is 1.72. The molecular weight excluding hydrogens is 224 g/mol. The number of hydrogen-bond acceptors (Lipinski definition) is 4. The zero-order chi connectivity index (χ0) is 13.0. The van der Waals surface area contributed by atoms with Crippen LogP contribution in [0.4, 0.5) is 0 Å². The fourth-order valence-corrected chi connectivity index (χ4v) is 1.20. The average molecular weight is 236 g/mol. The highest BCUT2D eigenvalue weighted by Gasteiger charge is 2.21. The van der Waals surface area contributed by atoms with Gasteiger partial charge in [-0.25, -0.2) is 4.79 Å². The molecule has 6 nitrogen and oxygen atoms in total. The SMILES string of the molecule is CC(CC#N)N(C)C(=O)c1cc(C(=O)O)co1. The molecule has 1 rings (SSSR count). The number of furan rings is 1. The van der Waals surface area contributed by atoms with Gasteiger partial charge in [0, 0.05) is 19.2 Å². The number of nitrogens with zero attached hydrogens (tertiary/aromatic N) is 2. The Morgan fingerprint density at radius 1 is 1.65 bits per heavy atom. The van der Waals surface area contributed by atoms with E-state index >= 15 is 0 Å². The van der Waals surface area contributed by atoms with Crippen LogP contribution in [-0.4, -0.2) is 35.0 Å². The van der Waals surface area contributed by atoms with Crippen molar-refractivity contribution in [2.24, 2.45) is 0 Å². The van der Waals surface area contributed by atoms with E-state index in [1.54, 1.807) is 6.92 Å². The van der Waals surface area contributed by atoms with Crippen molar-refractivity contribution in [1.29, 1.82) is 5.26 Å². The molecule has 0 aliphatic carbocycles. The molecule has 0 aromatic carbocycles. The molecule has 1 amide bonds. The van der Waals surface area contributed by atoms with Crippen molar-refractivity contribution in [2.45, 2.75) is 19.4 Å². The van der Waals surface area contributed by atoms with Crippen LogP contribution in [-0.2, 0) is 0 Å². The van der Waals surface area contributed by atoms with Crippen molar-refractivity contribution >= 4 is 11.9 Å². The Morgan fingerprint density at radius 3 is 2.76 bits per heavy atom. The van der Waals surface area contributed by atoms with Crippen LogP contribution in [0.15, 0.2) is 16.7 Å². The van der Waals surface area contributed by atoms with Gasteiger partial charge in [-0.2, -0.15) is 5.26 Å². The number of hydrogen-bond donors (Lipinski definition) is 1. The lowest BCUT2D eigenvalue weighted by Crippen LogP contribution is -2.34. The lowest BCUT2D eigenvalue weighted by molar-refractivity contribution is 0.0692. The standard InChI is InChI=1S/C11H12N2O4/c1-7(3-4-12)13(2)10(14)9-5-8(6-17-9)11(15)16/h5-7H,3H2,1-2H3,(H,15,16). The molecule has 90 valence electrons. The van der Waals surface area contributed by atoms with Crippen LogP contribution >= 0.6 is 0 Å². The first-order chi connectivity index (χ1) is 7.97. The maximum Gasteiger partial charge on any atom is 0.338 e. The van der Waals surface area contributed by atoms with E-state index in [-0.39, 0.29) is 23.8 Å². The van der Waals surface area contributed by atoms with Crippen LogP contribution in [0.1, 0.15) is 34.3 Å². The summed E-state index contributed by atoms with van der Waals surface area (Å²) in [5.41, 5.74) is -0.0744. The van der Waals surface area contributed by atoms with Gasteiger partial charge in [0.05, 0.1) is 18.1 Å². The van der Waals surface area contributed by atoms with Gasteiger partial charge in [-0.1, -0.05) is 0 Å². The minimum Gasteiger partial charge on any atom is -0.478 e. The van der Waals surface area contributed by atoms with E-state index in [4.69, 9.17) is 14.8 Å². The highest BCUT2D eigenvalue weighted by atomic mass is 16.4. The molecule has 0 saturated heterocycles. The molecule has 1 aromatic rings. The first kappa shape index (κ1) is 12.8. The summed E-state index contributed by atoms with van der Waals surface area (Å²) in [5.74, 6) is -1.64. The molecule has 1 heterocycles. The van der Waals surface area contributed by atoms with Gasteiger partial charge in [-0.15, -0.1) is 0 Å². The van der Waals surface area contributed by atoms with Crippen LogP contribution in [0, 0.1) is 11.3 Å². The predicted octanol–water partition coefficient (Wildman–Crippen LogP) is 1.35. The van der Waals surface area contributed by atoms with Crippen LogP contribution in [0.2, 0.25) is 0 Å². The molecule has 0 spiro atoms. The molecule has 0 saturated carbocycles. The smallest absolute Gasteiger partial charge is 0.338 e. The van der Waals surface area contributed by atoms with Gasteiger partial charge >= 0.3 is 5.97 Å². The van der Waals surface area contributed by atoms with Crippen molar-refractivity contribution < 1.29 is 19.1 Å². The van der Waals surface area contributed by atoms with Gasteiger partial charge in [-0.3, -0.25) is 4.79 Å². The highest BCUT2D eigenvalue weighted by Crippen LogP contribution is 2.12. The topological polar surface area (TPSA) is 94.5 Å². The van der Waals surface area contributed by atoms with Gasteiger partial charge in [0.25, 0.3) is 5.91 Å². The Morgan fingerprint density at radius 2 is 2.29 bits per heavy atom. The predicted molar refractivity (Wildman–Crippen MR) is 57.5 cm³/mol. The van der Waals surface area contributed by atoms with E-state index in [9.17, 15) is 9.59 Å². The van der Waals surface area contributed by atoms with Crippen LogP contribution in [0.5, 0.6) is 0 Å². The molecule has 0 radical (unpaired) electrons. The molecule has 0 aliphatic heterocycles. The second-order valence-corrected chi connectivity index (χ2v) is 3.63. The molecule has 1 atom stereocenters. The van der Waals surface area contributed by atoms with Crippen LogP contribution in [0.25, 0.3) is 0 Å². The van der Waals surface area contributed by atoms with Gasteiger partial charge in [-0.05, 0) is 6.92 Å². The third-order valence-corrected chi connectivity index (χ3v) is 2.43. The van der Waals surface area contributed by atoms with Crippen LogP contribution < -0.4 is 0 Å². The molecule has 17 heavy (non-hydrogen) atoms. The summed E-state index contributed by atoms with van der Waals surface area (Å²) in [6, 6.07) is 2.87. The molecule has 0 fully saturated rings. The van der Waals surface area contributed by atoms with Gasteiger partial charge < -0.3 is 14.4 Å². The van der Waals surface area contributed by atoms with Crippen LogP contribution in [0.3, 0.4) is 0 Å². The molecule has 0 bridgehead atoms. The first-order valence-corrected chi connectivity index (χ1v) is 4.93. The number of carboxylic acid groups (broad SMARTS) is 1. The lowest BCUT2D eigenvalue weighted by atomic mass is 10.2. The van der Waals surface area contributed by atoms with Crippen molar-refractivity contribution in [3.05, 3.63) is 23.7 Å². The second kappa shape index (κ2) is 5.16. The maximum absolute atomic E-state index is 11.8. The Bertz CT molecular complexity index is 472.